The predicted molar refractivity (Wildman–Crippen MR) is 109 cm³/mol. The number of nitrogens with one attached hydrogen (secondary N) is 2. The molecular formula is C19H20N2O5S2. The number of ether oxygens (including phenoxy) is 1. The monoisotopic (exact) mass is 420 g/mol. The number of esters is 1. The number of rotatable bonds is 8. The van der Waals surface area contributed by atoms with Gasteiger partial charge in [0, 0.05) is 22.3 Å². The van der Waals surface area contributed by atoms with Crippen molar-refractivity contribution in [2.75, 3.05) is 24.7 Å². The number of ketones is 1. The highest BCUT2D eigenvalue weighted by atomic mass is 32.2. The van der Waals surface area contributed by atoms with E-state index >= 15 is 0 Å². The molecule has 7 nitrogen and oxygen atoms in total. The van der Waals surface area contributed by atoms with E-state index in [0.717, 1.165) is 9.77 Å². The van der Waals surface area contributed by atoms with Crippen molar-refractivity contribution in [3.05, 3.63) is 45.6 Å². The first-order valence-electron chi connectivity index (χ1n) is 8.29. The molecular weight excluding hydrogens is 400 g/mol. The molecule has 0 aliphatic carbocycles. The molecule has 148 valence electrons. The van der Waals surface area contributed by atoms with Crippen molar-refractivity contribution in [3.63, 3.8) is 0 Å². The Labute approximate surface area is 170 Å². The second-order valence-corrected chi connectivity index (χ2v) is 7.91. The lowest BCUT2D eigenvalue weighted by atomic mass is 10.1. The van der Waals surface area contributed by atoms with Gasteiger partial charge in [-0.15, -0.1) is 23.1 Å². The lowest BCUT2D eigenvalue weighted by Gasteiger charge is -2.10. The average Bonchev–Trinajstić information content (AvgIpc) is 3.10. The first-order chi connectivity index (χ1) is 13.3. The van der Waals surface area contributed by atoms with Crippen molar-refractivity contribution in [1.82, 2.24) is 5.32 Å². The number of benzene rings is 1. The zero-order valence-electron chi connectivity index (χ0n) is 15.7. The van der Waals surface area contributed by atoms with Crippen molar-refractivity contribution < 1.29 is 23.9 Å². The molecule has 2 rings (SSSR count). The molecule has 2 N–H and O–H groups in total. The van der Waals surface area contributed by atoms with Gasteiger partial charge in [-0.1, -0.05) is 6.07 Å². The number of anilines is 1. The van der Waals surface area contributed by atoms with Gasteiger partial charge in [0.15, 0.2) is 12.4 Å². The minimum atomic E-state index is -0.710. The maximum Gasteiger partial charge on any atom is 0.325 e. The molecule has 0 saturated heterocycles. The van der Waals surface area contributed by atoms with Gasteiger partial charge in [-0.25, -0.2) is 0 Å². The smallest absolute Gasteiger partial charge is 0.325 e. The number of amides is 2. The molecule has 28 heavy (non-hydrogen) atoms. The minimum absolute atomic E-state index is 0.247. The molecule has 1 aromatic heterocycles. The molecule has 1 aromatic carbocycles. The maximum absolute atomic E-state index is 12.3. The van der Waals surface area contributed by atoms with E-state index in [4.69, 9.17) is 4.74 Å². The average molecular weight is 421 g/mol. The quantitative estimate of drug-likeness (QED) is 0.387. The zero-order valence-corrected chi connectivity index (χ0v) is 17.3. The fraction of sp³-hybridized carbons (Fsp3) is 0.263. The summed E-state index contributed by atoms with van der Waals surface area (Å²) >= 11 is 2.76. The summed E-state index contributed by atoms with van der Waals surface area (Å²) < 4.78 is 4.93. The van der Waals surface area contributed by atoms with Crippen molar-refractivity contribution in [2.24, 2.45) is 0 Å². The summed E-state index contributed by atoms with van der Waals surface area (Å²) in [5, 5.41) is 5.12. The molecule has 9 heteroatoms. The normalized spacial score (nSPS) is 10.2. The molecule has 2 amide bonds. The van der Waals surface area contributed by atoms with E-state index in [9.17, 15) is 19.2 Å². The van der Waals surface area contributed by atoms with Crippen LogP contribution in [0.25, 0.3) is 0 Å². The van der Waals surface area contributed by atoms with Crippen LogP contribution >= 0.6 is 23.1 Å². The molecule has 2 aromatic rings. The summed E-state index contributed by atoms with van der Waals surface area (Å²) in [6.07, 6.45) is 1.86. The Morgan fingerprint density at radius 3 is 2.50 bits per heavy atom. The van der Waals surface area contributed by atoms with Gasteiger partial charge in [0.1, 0.15) is 6.54 Å². The zero-order chi connectivity index (χ0) is 20.7. The maximum atomic E-state index is 12.3. The standard InChI is InChI=1S/C19H20N2O5S2/c1-11-4-6-17(28-11)19(25)20-9-18(24)26-10-15(23)13-5-7-16(27-3)14(8-13)21-12(2)22/h4-8H,9-10H2,1-3H3,(H,20,25)(H,21,22). The van der Waals surface area contributed by atoms with E-state index in [1.54, 1.807) is 24.3 Å². The lowest BCUT2D eigenvalue weighted by molar-refractivity contribution is -0.141. The number of thioether (sulfide) groups is 1. The SMILES string of the molecule is CSc1ccc(C(=O)COC(=O)CNC(=O)c2ccc(C)s2)cc1NC(C)=O. The highest BCUT2D eigenvalue weighted by molar-refractivity contribution is 7.98. The van der Waals surface area contributed by atoms with Crippen LogP contribution in [0.3, 0.4) is 0 Å². The van der Waals surface area contributed by atoms with E-state index in [1.165, 1.54) is 30.0 Å². The molecule has 0 aliphatic rings. The summed E-state index contributed by atoms with van der Waals surface area (Å²) in [5.41, 5.74) is 0.836. The second kappa shape index (κ2) is 10.0. The van der Waals surface area contributed by atoms with Crippen molar-refractivity contribution in [2.45, 2.75) is 18.7 Å². The summed E-state index contributed by atoms with van der Waals surface area (Å²) in [7, 11) is 0. The Balaban J connectivity index is 1.88. The Kier molecular flexibility index (Phi) is 7.77. The highest BCUT2D eigenvalue weighted by Crippen LogP contribution is 2.26. The van der Waals surface area contributed by atoms with Crippen LogP contribution in [0.4, 0.5) is 5.69 Å². The topological polar surface area (TPSA) is 102 Å². The number of aryl methyl sites for hydroxylation is 1. The number of carbonyl (C=O) groups is 4. The van der Waals surface area contributed by atoms with Gasteiger partial charge >= 0.3 is 5.97 Å². The van der Waals surface area contributed by atoms with Crippen LogP contribution in [0.5, 0.6) is 0 Å². The first kappa shape index (κ1) is 21.6. The molecule has 0 saturated carbocycles. The number of hydrogen-bond donors (Lipinski definition) is 2. The van der Waals surface area contributed by atoms with Gasteiger partial charge in [0.25, 0.3) is 5.91 Å². The van der Waals surface area contributed by atoms with Gasteiger partial charge in [-0.3, -0.25) is 19.2 Å². The predicted octanol–water partition coefficient (Wildman–Crippen LogP) is 2.89. The third-order valence-corrected chi connectivity index (χ3v) is 5.35. The summed E-state index contributed by atoms with van der Waals surface area (Å²) in [6, 6.07) is 8.36. The summed E-state index contributed by atoms with van der Waals surface area (Å²) in [5.74, 6) is -1.73. The molecule has 1 heterocycles. The molecule has 0 unspecified atom stereocenters. The largest absolute Gasteiger partial charge is 0.456 e. The van der Waals surface area contributed by atoms with Crippen LogP contribution < -0.4 is 10.6 Å². The Morgan fingerprint density at radius 1 is 1.14 bits per heavy atom. The van der Waals surface area contributed by atoms with Crippen molar-refractivity contribution in [1.29, 1.82) is 0 Å². The van der Waals surface area contributed by atoms with E-state index in [-0.39, 0.29) is 18.4 Å². The number of thiophene rings is 1. The first-order valence-corrected chi connectivity index (χ1v) is 10.3. The van der Waals surface area contributed by atoms with E-state index in [1.807, 2.05) is 19.2 Å². The van der Waals surface area contributed by atoms with E-state index in [2.05, 4.69) is 10.6 Å². The molecule has 0 spiro atoms. The third-order valence-electron chi connectivity index (χ3n) is 3.55. The lowest BCUT2D eigenvalue weighted by Crippen LogP contribution is -2.31. The van der Waals surface area contributed by atoms with Crippen LogP contribution in [0.15, 0.2) is 35.2 Å². The summed E-state index contributed by atoms with van der Waals surface area (Å²) in [6.45, 7) is 2.48. The highest BCUT2D eigenvalue weighted by Gasteiger charge is 2.14. The molecule has 0 bridgehead atoms. The van der Waals surface area contributed by atoms with E-state index in [0.29, 0.717) is 16.1 Å². The van der Waals surface area contributed by atoms with Crippen LogP contribution in [-0.2, 0) is 14.3 Å². The Hall–Kier alpha value is -2.65. The number of hydrogen-bond acceptors (Lipinski definition) is 7. The van der Waals surface area contributed by atoms with Gasteiger partial charge in [-0.2, -0.15) is 0 Å². The van der Waals surface area contributed by atoms with Gasteiger partial charge in [-0.05, 0) is 37.4 Å². The van der Waals surface area contributed by atoms with Crippen LogP contribution in [-0.4, -0.2) is 43.0 Å². The van der Waals surface area contributed by atoms with E-state index < -0.39 is 18.4 Å². The van der Waals surface area contributed by atoms with Gasteiger partial charge < -0.3 is 15.4 Å². The fourth-order valence-electron chi connectivity index (χ4n) is 2.25. The molecule has 0 radical (unpaired) electrons. The van der Waals surface area contributed by atoms with Crippen LogP contribution in [0, 0.1) is 6.92 Å². The van der Waals surface area contributed by atoms with Gasteiger partial charge in [0.2, 0.25) is 5.91 Å². The van der Waals surface area contributed by atoms with Gasteiger partial charge in [0.05, 0.1) is 10.6 Å². The van der Waals surface area contributed by atoms with Crippen molar-refractivity contribution in [3.8, 4) is 0 Å². The Bertz CT molecular complexity index is 907. The molecule has 0 aliphatic heterocycles. The molecule has 0 atom stereocenters. The number of carbonyl (C=O) groups excluding carboxylic acids is 4. The third kappa shape index (κ3) is 6.21. The fourth-order valence-corrected chi connectivity index (χ4v) is 3.56. The van der Waals surface area contributed by atoms with Crippen molar-refractivity contribution >= 4 is 52.4 Å². The second-order valence-electron chi connectivity index (χ2n) is 5.77. The molecule has 0 fully saturated rings. The summed E-state index contributed by atoms with van der Waals surface area (Å²) in [4.78, 5) is 49.6. The minimum Gasteiger partial charge on any atom is -0.456 e. The Morgan fingerprint density at radius 2 is 1.89 bits per heavy atom. The van der Waals surface area contributed by atoms with Crippen LogP contribution in [0.1, 0.15) is 31.8 Å². The van der Waals surface area contributed by atoms with Crippen LogP contribution in [0.2, 0.25) is 0 Å². The number of Topliss-reactive ketones (excluding diaryl/α,β-unsaturated/α-hetero) is 1.